The van der Waals surface area contributed by atoms with Crippen molar-refractivity contribution in [3.05, 3.63) is 69.6 Å². The van der Waals surface area contributed by atoms with E-state index in [2.05, 4.69) is 20.6 Å². The minimum atomic E-state index is -0.744. The van der Waals surface area contributed by atoms with Crippen molar-refractivity contribution in [1.29, 1.82) is 0 Å². The number of nitrogens with one attached hydrogen (secondary N) is 2. The normalized spacial score (nSPS) is 12.5. The molecule has 2 heterocycles. The van der Waals surface area contributed by atoms with Crippen LogP contribution < -0.4 is 10.9 Å². The summed E-state index contributed by atoms with van der Waals surface area (Å²) in [6.45, 7) is 4.20. The third kappa shape index (κ3) is 3.80. The predicted molar refractivity (Wildman–Crippen MR) is 118 cm³/mol. The van der Waals surface area contributed by atoms with Gasteiger partial charge in [0, 0.05) is 28.7 Å². The number of nitrogens with zero attached hydrogens (tertiary/aromatic N) is 3. The maximum absolute atomic E-state index is 13.0. The molecule has 0 saturated carbocycles. The summed E-state index contributed by atoms with van der Waals surface area (Å²) < 4.78 is 1.19. The third-order valence-corrected chi connectivity index (χ3v) is 5.41. The number of hydrogen-bond acceptors (Lipinski definition) is 4. The largest absolute Gasteiger partial charge is 0.361 e. The van der Waals surface area contributed by atoms with Crippen LogP contribution in [0.5, 0.6) is 0 Å². The van der Waals surface area contributed by atoms with Crippen molar-refractivity contribution in [2.45, 2.75) is 26.3 Å². The van der Waals surface area contributed by atoms with Crippen LogP contribution in [0, 0.1) is 5.92 Å². The Kier molecular flexibility index (Phi) is 5.55. The van der Waals surface area contributed by atoms with E-state index in [1.165, 1.54) is 4.68 Å². The van der Waals surface area contributed by atoms with Gasteiger partial charge in [-0.2, -0.15) is 4.68 Å². The number of aromatic amines is 1. The van der Waals surface area contributed by atoms with Gasteiger partial charge in [0.15, 0.2) is 0 Å². The molecule has 2 N–H and O–H groups in total. The highest BCUT2D eigenvalue weighted by Crippen LogP contribution is 2.23. The molecule has 4 aromatic rings. The average Bonchev–Trinajstić information content (AvgIpc) is 3.12. The Balaban J connectivity index is 1.52. The first-order valence-electron chi connectivity index (χ1n) is 9.83. The molecular formula is C22H22ClN5O2. The molecule has 0 aliphatic carbocycles. The quantitative estimate of drug-likeness (QED) is 0.496. The zero-order valence-corrected chi connectivity index (χ0v) is 17.5. The van der Waals surface area contributed by atoms with Crippen LogP contribution in [0.1, 0.15) is 25.5 Å². The molecule has 7 nitrogen and oxygen atoms in total. The molecule has 1 unspecified atom stereocenters. The lowest BCUT2D eigenvalue weighted by atomic mass is 10.0. The standard InChI is InChI=1S/C22H22ClN5O2/c1-13(2)20(28-22(30)16-5-3-4-6-19(16)26-27-28)21(29)24-10-9-14-12-25-18-8-7-15(23)11-17(14)18/h3-8,11-13,20,25H,9-10H2,1-2H3,(H,24,29). The predicted octanol–water partition coefficient (Wildman–Crippen LogP) is 3.48. The minimum Gasteiger partial charge on any atom is -0.361 e. The van der Waals surface area contributed by atoms with Gasteiger partial charge >= 0.3 is 0 Å². The van der Waals surface area contributed by atoms with Gasteiger partial charge in [0.05, 0.1) is 5.39 Å². The Labute approximate surface area is 178 Å². The molecular weight excluding hydrogens is 402 g/mol. The molecule has 0 saturated heterocycles. The van der Waals surface area contributed by atoms with Gasteiger partial charge in [-0.25, -0.2) is 0 Å². The van der Waals surface area contributed by atoms with Gasteiger partial charge in [-0.05, 0) is 48.2 Å². The van der Waals surface area contributed by atoms with Crippen LogP contribution in [0.2, 0.25) is 5.02 Å². The molecule has 0 aliphatic rings. The van der Waals surface area contributed by atoms with E-state index in [9.17, 15) is 9.59 Å². The fourth-order valence-electron chi connectivity index (χ4n) is 3.66. The van der Waals surface area contributed by atoms with Gasteiger partial charge in [0.1, 0.15) is 11.6 Å². The second-order valence-corrected chi connectivity index (χ2v) is 8.03. The summed E-state index contributed by atoms with van der Waals surface area (Å²) in [6.07, 6.45) is 2.56. The van der Waals surface area contributed by atoms with Crippen molar-refractivity contribution in [3.63, 3.8) is 0 Å². The molecule has 8 heteroatoms. The van der Waals surface area contributed by atoms with E-state index in [0.29, 0.717) is 28.9 Å². The van der Waals surface area contributed by atoms with Crippen LogP contribution in [-0.2, 0) is 11.2 Å². The van der Waals surface area contributed by atoms with E-state index in [4.69, 9.17) is 11.6 Å². The summed E-state index contributed by atoms with van der Waals surface area (Å²) in [6, 6.07) is 11.9. The molecule has 2 aromatic carbocycles. The first-order chi connectivity index (χ1) is 14.5. The topological polar surface area (TPSA) is 92.7 Å². The number of rotatable bonds is 6. The SMILES string of the molecule is CC(C)C(C(=O)NCCc1c[nH]c2ccc(Cl)cc12)n1nnc2ccccc2c1=O. The summed E-state index contributed by atoms with van der Waals surface area (Å²) in [5.41, 5.74) is 2.26. The van der Waals surface area contributed by atoms with E-state index in [0.717, 1.165) is 16.5 Å². The maximum atomic E-state index is 13.0. The number of amides is 1. The Morgan fingerprint density at radius 1 is 1.20 bits per heavy atom. The van der Waals surface area contributed by atoms with E-state index in [1.807, 2.05) is 38.2 Å². The minimum absolute atomic E-state index is 0.134. The Bertz CT molecular complexity index is 1280. The average molecular weight is 424 g/mol. The summed E-state index contributed by atoms with van der Waals surface area (Å²) in [5.74, 6) is -0.389. The number of aromatic nitrogens is 4. The van der Waals surface area contributed by atoms with Crippen molar-refractivity contribution < 1.29 is 4.79 Å². The van der Waals surface area contributed by atoms with Crippen molar-refractivity contribution in [2.75, 3.05) is 6.54 Å². The Morgan fingerprint density at radius 3 is 2.80 bits per heavy atom. The van der Waals surface area contributed by atoms with Crippen molar-refractivity contribution in [3.8, 4) is 0 Å². The molecule has 1 amide bonds. The number of H-pyrrole nitrogens is 1. The molecule has 0 bridgehead atoms. The van der Waals surface area contributed by atoms with E-state index < -0.39 is 6.04 Å². The zero-order valence-electron chi connectivity index (χ0n) is 16.7. The summed E-state index contributed by atoms with van der Waals surface area (Å²) >= 11 is 6.10. The molecule has 1 atom stereocenters. The smallest absolute Gasteiger partial charge is 0.278 e. The fourth-order valence-corrected chi connectivity index (χ4v) is 3.83. The highest BCUT2D eigenvalue weighted by atomic mass is 35.5. The first kappa shape index (κ1) is 20.1. The number of halogens is 1. The molecule has 154 valence electrons. The van der Waals surface area contributed by atoms with Gasteiger partial charge in [-0.3, -0.25) is 9.59 Å². The number of carbonyl (C=O) groups excluding carboxylic acids is 1. The van der Waals surface area contributed by atoms with E-state index in [1.54, 1.807) is 24.3 Å². The molecule has 4 rings (SSSR count). The maximum Gasteiger partial charge on any atom is 0.278 e. The van der Waals surface area contributed by atoms with Crippen LogP contribution in [0.4, 0.5) is 0 Å². The summed E-state index contributed by atoms with van der Waals surface area (Å²) in [5, 5.41) is 13.2. The van der Waals surface area contributed by atoms with Gasteiger partial charge in [0.25, 0.3) is 5.56 Å². The number of benzene rings is 2. The summed E-state index contributed by atoms with van der Waals surface area (Å²) in [7, 11) is 0. The van der Waals surface area contributed by atoms with Gasteiger partial charge in [-0.15, -0.1) is 5.10 Å². The second kappa shape index (κ2) is 8.28. The number of carbonyl (C=O) groups is 1. The van der Waals surface area contributed by atoms with Gasteiger partial charge < -0.3 is 10.3 Å². The van der Waals surface area contributed by atoms with E-state index >= 15 is 0 Å². The monoisotopic (exact) mass is 423 g/mol. The van der Waals surface area contributed by atoms with Crippen molar-refractivity contribution in [1.82, 2.24) is 25.3 Å². The van der Waals surface area contributed by atoms with Crippen molar-refractivity contribution >= 4 is 39.3 Å². The molecule has 30 heavy (non-hydrogen) atoms. The first-order valence-corrected chi connectivity index (χ1v) is 10.2. The fraction of sp³-hybridized carbons (Fsp3) is 0.273. The molecule has 2 aromatic heterocycles. The van der Waals surface area contributed by atoms with Crippen LogP contribution >= 0.6 is 11.6 Å². The third-order valence-electron chi connectivity index (χ3n) is 5.18. The van der Waals surface area contributed by atoms with Crippen LogP contribution in [0.25, 0.3) is 21.8 Å². The number of fused-ring (bicyclic) bond motifs is 2. The van der Waals surface area contributed by atoms with Crippen LogP contribution in [0.15, 0.2) is 53.5 Å². The zero-order chi connectivity index (χ0) is 21.3. The van der Waals surface area contributed by atoms with Gasteiger partial charge in [-0.1, -0.05) is 42.8 Å². The highest BCUT2D eigenvalue weighted by molar-refractivity contribution is 6.31. The van der Waals surface area contributed by atoms with Crippen molar-refractivity contribution in [2.24, 2.45) is 5.92 Å². The second-order valence-electron chi connectivity index (χ2n) is 7.59. The van der Waals surface area contributed by atoms with Gasteiger partial charge in [0.2, 0.25) is 5.91 Å². The Hall–Kier alpha value is -3.19. The molecule has 0 spiro atoms. The lowest BCUT2D eigenvalue weighted by Crippen LogP contribution is -2.42. The van der Waals surface area contributed by atoms with Crippen LogP contribution in [0.3, 0.4) is 0 Å². The Morgan fingerprint density at radius 2 is 2.00 bits per heavy atom. The summed E-state index contributed by atoms with van der Waals surface area (Å²) in [4.78, 5) is 29.0. The lowest BCUT2D eigenvalue weighted by Gasteiger charge is -2.21. The molecule has 0 fully saturated rings. The number of hydrogen-bond donors (Lipinski definition) is 2. The molecule has 0 aliphatic heterocycles. The molecule has 0 radical (unpaired) electrons. The van der Waals surface area contributed by atoms with Crippen LogP contribution in [-0.4, -0.2) is 32.4 Å². The lowest BCUT2D eigenvalue weighted by molar-refractivity contribution is -0.126. The van der Waals surface area contributed by atoms with E-state index in [-0.39, 0.29) is 17.4 Å². The highest BCUT2D eigenvalue weighted by Gasteiger charge is 2.27.